The molecule has 0 aliphatic carbocycles. The quantitative estimate of drug-likeness (QED) is 0.524. The Morgan fingerprint density at radius 2 is 2.22 bits per heavy atom. The second-order valence-corrected chi connectivity index (χ2v) is 5.48. The fourth-order valence-corrected chi connectivity index (χ4v) is 2.82. The number of imide groups is 1. The molecule has 7 nitrogen and oxygen atoms in total. The van der Waals surface area contributed by atoms with Gasteiger partial charge in [0.1, 0.15) is 6.04 Å². The summed E-state index contributed by atoms with van der Waals surface area (Å²) in [5.41, 5.74) is -0.533. The molecule has 100 valence electrons. The van der Waals surface area contributed by atoms with Gasteiger partial charge in [0, 0.05) is 19.2 Å². The number of thioether (sulfide) groups is 1. The first-order valence-corrected chi connectivity index (χ1v) is 6.66. The van der Waals surface area contributed by atoms with Gasteiger partial charge in [-0.1, -0.05) is 0 Å². The number of carbonyl (C=O) groups excluding carboxylic acids is 3. The lowest BCUT2D eigenvalue weighted by Gasteiger charge is -2.14. The molecule has 0 bridgehead atoms. The summed E-state index contributed by atoms with van der Waals surface area (Å²) < 4.78 is 0. The van der Waals surface area contributed by atoms with Gasteiger partial charge in [0.25, 0.3) is 0 Å². The van der Waals surface area contributed by atoms with Crippen molar-refractivity contribution in [2.45, 2.75) is 17.7 Å². The normalized spacial score (nSPS) is 21.0. The zero-order valence-corrected chi connectivity index (χ0v) is 11.6. The van der Waals surface area contributed by atoms with E-state index >= 15 is 0 Å². The minimum Gasteiger partial charge on any atom is -0.480 e. The lowest BCUT2D eigenvalue weighted by atomic mass is 10.3. The average Bonchev–Trinajstić information content (AvgIpc) is 2.51. The number of carboxylic acids is 1. The van der Waals surface area contributed by atoms with Crippen LogP contribution in [0.2, 0.25) is 0 Å². The largest absolute Gasteiger partial charge is 0.480 e. The van der Waals surface area contributed by atoms with Gasteiger partial charge in [-0.2, -0.15) is 0 Å². The Morgan fingerprint density at radius 1 is 1.61 bits per heavy atom. The van der Waals surface area contributed by atoms with Gasteiger partial charge in [-0.15, -0.1) is 11.8 Å². The van der Waals surface area contributed by atoms with E-state index in [-0.39, 0.29) is 24.0 Å². The number of rotatable bonds is 5. The van der Waals surface area contributed by atoms with Crippen LogP contribution < -0.4 is 5.32 Å². The molecule has 0 aromatic heterocycles. The number of nitrogens with one attached hydrogen (secondary N) is 1. The van der Waals surface area contributed by atoms with Gasteiger partial charge in [0.05, 0.1) is 5.25 Å². The Kier molecular flexibility index (Phi) is 5.10. The number of hydrogen-bond acceptors (Lipinski definition) is 5. The molecular weight excluding hydrogens is 279 g/mol. The van der Waals surface area contributed by atoms with E-state index in [1.54, 1.807) is 0 Å². The van der Waals surface area contributed by atoms with E-state index in [1.807, 2.05) is 9.24 Å². The van der Waals surface area contributed by atoms with E-state index in [2.05, 4.69) is 5.32 Å². The monoisotopic (exact) mass is 292 g/mol. The number of carbonyl (C=O) groups is 4. The summed E-state index contributed by atoms with van der Waals surface area (Å²) in [7, 11) is 3.22. The van der Waals surface area contributed by atoms with E-state index in [4.69, 9.17) is 5.11 Å². The summed E-state index contributed by atoms with van der Waals surface area (Å²) in [4.78, 5) is 45.5. The molecular formula is C9H13N2O5PS. The first kappa shape index (κ1) is 14.9. The molecule has 0 spiro atoms. The summed E-state index contributed by atoms with van der Waals surface area (Å²) in [5.74, 6) is -1.75. The van der Waals surface area contributed by atoms with Crippen molar-refractivity contribution < 1.29 is 24.3 Å². The standard InChI is InChI=1S/C9H13N2O5PS/c1-11-6(12)2-5(7(11)13)18-3-4(8(14)15)10-9(16)17/h4-5H,2-3,17H2,1H3,(H,10,16)(H,14,15). The van der Waals surface area contributed by atoms with Crippen molar-refractivity contribution >= 4 is 44.4 Å². The van der Waals surface area contributed by atoms with Crippen molar-refractivity contribution in [1.82, 2.24) is 10.2 Å². The molecule has 0 saturated carbocycles. The van der Waals surface area contributed by atoms with Crippen molar-refractivity contribution in [3.8, 4) is 0 Å². The molecule has 0 aromatic rings. The summed E-state index contributed by atoms with van der Waals surface area (Å²) >= 11 is 1.06. The second kappa shape index (κ2) is 6.15. The van der Waals surface area contributed by atoms with Gasteiger partial charge in [0.2, 0.25) is 17.5 Å². The minimum atomic E-state index is -1.18. The highest BCUT2D eigenvalue weighted by molar-refractivity contribution is 8.00. The van der Waals surface area contributed by atoms with Crippen LogP contribution in [0.4, 0.5) is 4.79 Å². The Hall–Kier alpha value is -1.14. The number of amides is 3. The molecule has 0 aromatic carbocycles. The lowest BCUT2D eigenvalue weighted by Crippen LogP contribution is -2.40. The highest BCUT2D eigenvalue weighted by Crippen LogP contribution is 2.24. The number of nitrogens with zero attached hydrogens (tertiary/aromatic N) is 1. The number of carboxylic acid groups (broad SMARTS) is 1. The predicted octanol–water partition coefficient (Wildman–Crippen LogP) is -0.485. The summed E-state index contributed by atoms with van der Waals surface area (Å²) in [6.45, 7) is 0. The zero-order valence-electron chi connectivity index (χ0n) is 9.58. The number of likely N-dealkylation sites (tertiary alicyclic amines) is 1. The molecule has 1 aliphatic rings. The first-order valence-electron chi connectivity index (χ1n) is 5.03. The van der Waals surface area contributed by atoms with Crippen LogP contribution in [0, 0.1) is 0 Å². The van der Waals surface area contributed by atoms with Gasteiger partial charge in [0.15, 0.2) is 0 Å². The lowest BCUT2D eigenvalue weighted by molar-refractivity contribution is -0.139. The van der Waals surface area contributed by atoms with Crippen molar-refractivity contribution in [2.24, 2.45) is 0 Å². The van der Waals surface area contributed by atoms with E-state index in [9.17, 15) is 19.2 Å². The van der Waals surface area contributed by atoms with E-state index < -0.39 is 22.9 Å². The Bertz CT molecular complexity index is 398. The van der Waals surface area contributed by atoms with Crippen molar-refractivity contribution in [3.05, 3.63) is 0 Å². The molecule has 1 saturated heterocycles. The van der Waals surface area contributed by atoms with Crippen LogP contribution >= 0.6 is 21.0 Å². The van der Waals surface area contributed by atoms with E-state index in [0.29, 0.717) is 0 Å². The van der Waals surface area contributed by atoms with Crippen molar-refractivity contribution in [3.63, 3.8) is 0 Å². The molecule has 1 rings (SSSR count). The predicted molar refractivity (Wildman–Crippen MR) is 68.3 cm³/mol. The highest BCUT2D eigenvalue weighted by Gasteiger charge is 2.37. The van der Waals surface area contributed by atoms with Crippen LogP contribution in [0.1, 0.15) is 6.42 Å². The van der Waals surface area contributed by atoms with Gasteiger partial charge in [-0.25, -0.2) is 4.79 Å². The molecule has 1 heterocycles. The van der Waals surface area contributed by atoms with Crippen LogP contribution in [0.25, 0.3) is 0 Å². The van der Waals surface area contributed by atoms with Crippen LogP contribution in [0.5, 0.6) is 0 Å². The van der Waals surface area contributed by atoms with E-state index in [0.717, 1.165) is 16.7 Å². The Balaban J connectivity index is 2.53. The number of hydrogen-bond donors (Lipinski definition) is 2. The first-order chi connectivity index (χ1) is 8.32. The molecule has 3 atom stereocenters. The Labute approximate surface area is 110 Å². The maximum atomic E-state index is 11.6. The van der Waals surface area contributed by atoms with Gasteiger partial charge < -0.3 is 10.4 Å². The van der Waals surface area contributed by atoms with Crippen molar-refractivity contribution in [2.75, 3.05) is 12.8 Å². The van der Waals surface area contributed by atoms with Gasteiger partial charge >= 0.3 is 5.97 Å². The van der Waals surface area contributed by atoms with Gasteiger partial charge in [-0.3, -0.25) is 19.3 Å². The fourth-order valence-electron chi connectivity index (χ4n) is 1.41. The maximum Gasteiger partial charge on any atom is 0.327 e. The van der Waals surface area contributed by atoms with Crippen molar-refractivity contribution in [1.29, 1.82) is 0 Å². The highest BCUT2D eigenvalue weighted by atomic mass is 32.2. The molecule has 9 heteroatoms. The van der Waals surface area contributed by atoms with Crippen LogP contribution in [0.15, 0.2) is 0 Å². The van der Waals surface area contributed by atoms with Crippen LogP contribution in [0.3, 0.4) is 0 Å². The SMILES string of the molecule is CN1C(=O)CC(SCC(NC(=O)P)C(=O)O)C1=O. The summed E-state index contributed by atoms with van der Waals surface area (Å²) in [5, 5.41) is 10.5. The molecule has 3 unspecified atom stereocenters. The minimum absolute atomic E-state index is 0.0347. The van der Waals surface area contributed by atoms with Gasteiger partial charge in [-0.05, 0) is 9.24 Å². The summed E-state index contributed by atoms with van der Waals surface area (Å²) in [6.07, 6.45) is 0.0706. The Morgan fingerprint density at radius 3 is 2.61 bits per heavy atom. The third-order valence-electron chi connectivity index (χ3n) is 2.42. The zero-order chi connectivity index (χ0) is 13.9. The van der Waals surface area contributed by atoms with Crippen LogP contribution in [-0.4, -0.2) is 57.5 Å². The average molecular weight is 292 g/mol. The topological polar surface area (TPSA) is 104 Å². The third-order valence-corrected chi connectivity index (χ3v) is 3.88. The molecule has 3 amide bonds. The maximum absolute atomic E-state index is 11.6. The smallest absolute Gasteiger partial charge is 0.327 e. The molecule has 1 fully saturated rings. The third kappa shape index (κ3) is 3.68. The summed E-state index contributed by atoms with van der Waals surface area (Å²) in [6, 6.07) is -1.08. The molecule has 18 heavy (non-hydrogen) atoms. The molecule has 1 aliphatic heterocycles. The van der Waals surface area contributed by atoms with E-state index in [1.165, 1.54) is 7.05 Å². The molecule has 0 radical (unpaired) electrons. The number of aliphatic carboxylic acids is 1. The fraction of sp³-hybridized carbons (Fsp3) is 0.556. The molecule has 2 N–H and O–H groups in total. The van der Waals surface area contributed by atoms with Crippen LogP contribution in [-0.2, 0) is 14.4 Å². The second-order valence-electron chi connectivity index (χ2n) is 3.72.